The summed E-state index contributed by atoms with van der Waals surface area (Å²) in [6.45, 7) is 0.693. The fourth-order valence-electron chi connectivity index (χ4n) is 5.54. The lowest BCUT2D eigenvalue weighted by atomic mass is 9.48. The van der Waals surface area contributed by atoms with Gasteiger partial charge < -0.3 is 5.32 Å². The van der Waals surface area contributed by atoms with Crippen molar-refractivity contribution in [3.63, 3.8) is 0 Å². The molecule has 1 amide bonds. The van der Waals surface area contributed by atoms with Crippen LogP contribution in [0.15, 0.2) is 17.5 Å². The smallest absolute Gasteiger partial charge is 0.220 e. The number of rotatable bonds is 4. The van der Waals surface area contributed by atoms with E-state index in [9.17, 15) is 4.79 Å². The number of nitrogens with one attached hydrogen (secondary N) is 1. The van der Waals surface area contributed by atoms with E-state index in [-0.39, 0.29) is 11.3 Å². The second-order valence-electron chi connectivity index (χ2n) is 7.64. The lowest BCUT2D eigenvalue weighted by Gasteiger charge is -2.60. The van der Waals surface area contributed by atoms with Crippen LogP contribution in [-0.4, -0.2) is 10.2 Å². The van der Waals surface area contributed by atoms with Crippen LogP contribution in [0.5, 0.6) is 0 Å². The van der Waals surface area contributed by atoms with Crippen LogP contribution < -0.4 is 5.32 Å². The molecule has 2 unspecified atom stereocenters. The van der Waals surface area contributed by atoms with Crippen molar-refractivity contribution in [3.05, 3.63) is 22.4 Å². The molecule has 0 radical (unpaired) electrons. The molecule has 114 valence electrons. The third-order valence-electron chi connectivity index (χ3n) is 5.69. The standard InChI is InChI=1S/C17H22BrNOS/c18-17-7-12-4-13(8-17)6-16(5-12,11-17)9-15(20)19-10-14-2-1-3-21-14/h1-3,12-13H,4-11H2,(H,19,20). The van der Waals surface area contributed by atoms with Crippen LogP contribution in [0.2, 0.25) is 0 Å². The fraction of sp³-hybridized carbons (Fsp3) is 0.706. The Morgan fingerprint density at radius 2 is 2.10 bits per heavy atom. The topological polar surface area (TPSA) is 29.1 Å². The minimum Gasteiger partial charge on any atom is -0.351 e. The molecular weight excluding hydrogens is 346 g/mol. The largest absolute Gasteiger partial charge is 0.351 e. The second-order valence-corrected chi connectivity index (χ2v) is 10.4. The van der Waals surface area contributed by atoms with Gasteiger partial charge in [-0.3, -0.25) is 4.79 Å². The zero-order chi connectivity index (χ0) is 14.5. The highest BCUT2D eigenvalue weighted by Gasteiger charge is 2.57. The van der Waals surface area contributed by atoms with Gasteiger partial charge in [0.2, 0.25) is 5.91 Å². The predicted molar refractivity (Wildman–Crippen MR) is 89.6 cm³/mol. The predicted octanol–water partition coefficient (Wildman–Crippen LogP) is 4.49. The Morgan fingerprint density at radius 1 is 1.33 bits per heavy atom. The van der Waals surface area contributed by atoms with Crippen molar-refractivity contribution >= 4 is 33.2 Å². The van der Waals surface area contributed by atoms with Crippen LogP contribution in [0.3, 0.4) is 0 Å². The molecule has 5 rings (SSSR count). The number of hydrogen-bond acceptors (Lipinski definition) is 2. The van der Waals surface area contributed by atoms with E-state index in [2.05, 4.69) is 32.7 Å². The van der Waals surface area contributed by atoms with Gasteiger partial charge in [0.15, 0.2) is 0 Å². The van der Waals surface area contributed by atoms with E-state index in [0.29, 0.717) is 10.9 Å². The third-order valence-corrected chi connectivity index (χ3v) is 7.49. The molecule has 4 aliphatic rings. The van der Waals surface area contributed by atoms with Gasteiger partial charge in [-0.25, -0.2) is 0 Å². The number of carbonyl (C=O) groups is 1. The summed E-state index contributed by atoms with van der Waals surface area (Å²) in [5, 5.41) is 5.19. The van der Waals surface area contributed by atoms with E-state index < -0.39 is 0 Å². The Balaban J connectivity index is 1.41. The molecule has 1 heterocycles. The molecule has 4 bridgehead atoms. The van der Waals surface area contributed by atoms with Crippen molar-refractivity contribution in [1.82, 2.24) is 5.32 Å². The van der Waals surface area contributed by atoms with Crippen LogP contribution in [0.25, 0.3) is 0 Å². The Morgan fingerprint density at radius 3 is 2.71 bits per heavy atom. The van der Waals surface area contributed by atoms with E-state index in [0.717, 1.165) is 18.3 Å². The van der Waals surface area contributed by atoms with Gasteiger partial charge in [0.05, 0.1) is 6.54 Å². The molecule has 0 saturated heterocycles. The number of halogens is 1. The average Bonchev–Trinajstić information content (AvgIpc) is 2.85. The minimum absolute atomic E-state index is 0.251. The summed E-state index contributed by atoms with van der Waals surface area (Å²) in [6, 6.07) is 4.13. The van der Waals surface area contributed by atoms with Crippen molar-refractivity contribution in [1.29, 1.82) is 0 Å². The van der Waals surface area contributed by atoms with Gasteiger partial charge >= 0.3 is 0 Å². The van der Waals surface area contributed by atoms with Crippen LogP contribution >= 0.6 is 27.3 Å². The zero-order valence-electron chi connectivity index (χ0n) is 12.2. The molecule has 21 heavy (non-hydrogen) atoms. The first-order chi connectivity index (χ1) is 10.0. The minimum atomic E-state index is 0.251. The van der Waals surface area contributed by atoms with Crippen molar-refractivity contribution in [2.75, 3.05) is 0 Å². The molecule has 0 aliphatic heterocycles. The third kappa shape index (κ3) is 2.81. The van der Waals surface area contributed by atoms with Gasteiger partial charge in [0, 0.05) is 15.6 Å². The molecule has 2 nitrogen and oxygen atoms in total. The summed E-state index contributed by atoms with van der Waals surface area (Å²) in [4.78, 5) is 13.6. The Hall–Kier alpha value is -0.350. The molecule has 2 atom stereocenters. The fourth-order valence-corrected chi connectivity index (χ4v) is 7.70. The van der Waals surface area contributed by atoms with Gasteiger partial charge in [0.1, 0.15) is 0 Å². The number of hydrogen-bond donors (Lipinski definition) is 1. The normalized spacial score (nSPS) is 40.4. The lowest BCUT2D eigenvalue weighted by molar-refractivity contribution is -0.128. The van der Waals surface area contributed by atoms with Crippen molar-refractivity contribution in [2.24, 2.45) is 17.3 Å². The number of thiophene rings is 1. The maximum Gasteiger partial charge on any atom is 0.220 e. The molecule has 0 aromatic carbocycles. The molecule has 4 heteroatoms. The first-order valence-electron chi connectivity index (χ1n) is 8.02. The van der Waals surface area contributed by atoms with Gasteiger partial charge in [0.25, 0.3) is 0 Å². The molecule has 1 aromatic rings. The molecule has 4 aliphatic carbocycles. The molecule has 4 saturated carbocycles. The number of carbonyl (C=O) groups excluding carboxylic acids is 1. The number of amides is 1. The van der Waals surface area contributed by atoms with E-state index in [4.69, 9.17) is 0 Å². The van der Waals surface area contributed by atoms with E-state index in [1.54, 1.807) is 11.3 Å². The molecule has 0 spiro atoms. The van der Waals surface area contributed by atoms with Crippen LogP contribution in [0.4, 0.5) is 0 Å². The van der Waals surface area contributed by atoms with Crippen molar-refractivity contribution in [2.45, 2.75) is 55.8 Å². The van der Waals surface area contributed by atoms with E-state index >= 15 is 0 Å². The Kier molecular flexibility index (Phi) is 3.45. The average molecular weight is 368 g/mol. The van der Waals surface area contributed by atoms with Gasteiger partial charge in [-0.15, -0.1) is 11.3 Å². The Labute approximate surface area is 138 Å². The second kappa shape index (κ2) is 5.09. The molecule has 1 aromatic heterocycles. The number of alkyl halides is 1. The summed E-state index contributed by atoms with van der Waals surface area (Å²) in [5.74, 6) is 1.97. The van der Waals surface area contributed by atoms with Gasteiger partial charge in [-0.1, -0.05) is 22.0 Å². The molecular formula is C17H22BrNOS. The first kappa shape index (κ1) is 14.3. The maximum atomic E-state index is 12.4. The SMILES string of the molecule is O=C(CC12CC3CC(CC(Br)(C3)C1)C2)NCc1cccs1. The summed E-state index contributed by atoms with van der Waals surface area (Å²) in [5.41, 5.74) is 0.285. The summed E-state index contributed by atoms with van der Waals surface area (Å²) < 4.78 is 0.352. The van der Waals surface area contributed by atoms with Gasteiger partial charge in [-0.05, 0) is 67.2 Å². The highest BCUT2D eigenvalue weighted by atomic mass is 79.9. The lowest BCUT2D eigenvalue weighted by Crippen LogP contribution is -2.54. The quantitative estimate of drug-likeness (QED) is 0.780. The highest BCUT2D eigenvalue weighted by molar-refractivity contribution is 9.10. The molecule has 4 fully saturated rings. The Bertz CT molecular complexity index is 527. The first-order valence-corrected chi connectivity index (χ1v) is 9.70. The summed E-state index contributed by atoms with van der Waals surface area (Å²) in [7, 11) is 0. The zero-order valence-corrected chi connectivity index (χ0v) is 14.6. The van der Waals surface area contributed by atoms with Crippen LogP contribution in [-0.2, 0) is 11.3 Å². The van der Waals surface area contributed by atoms with Gasteiger partial charge in [-0.2, -0.15) is 0 Å². The van der Waals surface area contributed by atoms with E-state index in [1.807, 2.05) is 6.07 Å². The van der Waals surface area contributed by atoms with Crippen LogP contribution in [0.1, 0.15) is 49.8 Å². The van der Waals surface area contributed by atoms with E-state index in [1.165, 1.54) is 43.4 Å². The van der Waals surface area contributed by atoms with Crippen molar-refractivity contribution in [3.8, 4) is 0 Å². The van der Waals surface area contributed by atoms with Crippen LogP contribution in [0, 0.1) is 17.3 Å². The highest BCUT2D eigenvalue weighted by Crippen LogP contribution is 2.65. The maximum absolute atomic E-state index is 12.4. The molecule has 1 N–H and O–H groups in total. The van der Waals surface area contributed by atoms with Crippen molar-refractivity contribution < 1.29 is 4.79 Å². The monoisotopic (exact) mass is 367 g/mol. The summed E-state index contributed by atoms with van der Waals surface area (Å²) in [6.07, 6.45) is 8.58. The summed E-state index contributed by atoms with van der Waals surface area (Å²) >= 11 is 5.73.